The molecule has 5 atom stereocenters. The first-order valence-corrected chi connectivity index (χ1v) is 3.91. The van der Waals surface area contributed by atoms with Crippen molar-refractivity contribution in [3.63, 3.8) is 0 Å². The molecular formula is C7H13FO5. The summed E-state index contributed by atoms with van der Waals surface area (Å²) in [4.78, 5) is 0. The number of methoxy groups -OCH3 is 1. The highest BCUT2D eigenvalue weighted by Crippen LogP contribution is 2.23. The molecule has 0 radical (unpaired) electrons. The molecule has 5 nitrogen and oxygen atoms in total. The predicted octanol–water partition coefficient (Wildman–Crippen LogP) is -1.59. The zero-order valence-corrected chi connectivity index (χ0v) is 7.13. The average Bonchev–Trinajstić information content (AvgIpc) is 2.15. The Kier molecular flexibility index (Phi) is 3.57. The molecule has 0 aromatic rings. The molecule has 1 fully saturated rings. The fraction of sp³-hybridized carbons (Fsp3) is 1.00. The van der Waals surface area contributed by atoms with Gasteiger partial charge in [0.25, 0.3) is 0 Å². The molecule has 0 aliphatic carbocycles. The van der Waals surface area contributed by atoms with Crippen molar-refractivity contribution in [2.24, 2.45) is 0 Å². The summed E-state index contributed by atoms with van der Waals surface area (Å²) in [6.45, 7) is -0.565. The summed E-state index contributed by atoms with van der Waals surface area (Å²) in [6.07, 6.45) is -7.06. The Balaban J connectivity index is 2.66. The average molecular weight is 196 g/mol. The van der Waals surface area contributed by atoms with Crippen LogP contribution in [0.3, 0.4) is 0 Å². The first-order valence-electron chi connectivity index (χ1n) is 3.91. The number of halogens is 1. The van der Waals surface area contributed by atoms with Crippen molar-refractivity contribution >= 4 is 0 Å². The minimum absolute atomic E-state index is 0.565. The minimum atomic E-state index is -1.80. The molecule has 0 aromatic heterocycles. The number of aliphatic hydroxyl groups is 3. The second-order valence-electron chi connectivity index (χ2n) is 2.89. The summed E-state index contributed by atoms with van der Waals surface area (Å²) in [5.74, 6) is 0. The van der Waals surface area contributed by atoms with Gasteiger partial charge in [-0.2, -0.15) is 0 Å². The minimum Gasteiger partial charge on any atom is -0.394 e. The highest BCUT2D eigenvalue weighted by atomic mass is 19.1. The van der Waals surface area contributed by atoms with Crippen LogP contribution in [-0.2, 0) is 9.47 Å². The standard InChI is InChI=1S/C7H13FO5/c1-12-7-6(11)5(10)4(8)3(2-9)13-7/h3-7,9-11H,2H2,1H3/t3-,4+,5+,6-,7?/m1/s1. The van der Waals surface area contributed by atoms with Gasteiger partial charge in [0.05, 0.1) is 6.61 Å². The summed E-state index contributed by atoms with van der Waals surface area (Å²) in [6, 6.07) is 0. The molecule has 0 aromatic carbocycles. The van der Waals surface area contributed by atoms with Crippen molar-refractivity contribution in [3.8, 4) is 0 Å². The molecule has 1 aliphatic rings. The van der Waals surface area contributed by atoms with Gasteiger partial charge in [0.15, 0.2) is 12.5 Å². The maximum absolute atomic E-state index is 13.1. The smallest absolute Gasteiger partial charge is 0.186 e. The van der Waals surface area contributed by atoms with Crippen molar-refractivity contribution in [2.45, 2.75) is 30.8 Å². The third-order valence-electron chi connectivity index (χ3n) is 2.03. The molecule has 0 saturated carbocycles. The fourth-order valence-corrected chi connectivity index (χ4v) is 1.24. The number of hydrogen-bond donors (Lipinski definition) is 3. The number of hydrogen-bond acceptors (Lipinski definition) is 5. The molecule has 13 heavy (non-hydrogen) atoms. The highest BCUT2D eigenvalue weighted by molar-refractivity contribution is 4.88. The Morgan fingerprint density at radius 3 is 2.46 bits per heavy atom. The van der Waals surface area contributed by atoms with Crippen LogP contribution in [0.4, 0.5) is 4.39 Å². The van der Waals surface area contributed by atoms with Crippen LogP contribution in [0.25, 0.3) is 0 Å². The summed E-state index contributed by atoms with van der Waals surface area (Å²) in [5, 5.41) is 27.0. The zero-order valence-electron chi connectivity index (χ0n) is 7.13. The van der Waals surface area contributed by atoms with E-state index in [9.17, 15) is 9.50 Å². The van der Waals surface area contributed by atoms with Gasteiger partial charge < -0.3 is 24.8 Å². The Morgan fingerprint density at radius 1 is 1.38 bits per heavy atom. The van der Waals surface area contributed by atoms with Crippen LogP contribution in [0.1, 0.15) is 0 Å². The summed E-state index contributed by atoms with van der Waals surface area (Å²) < 4.78 is 22.5. The van der Waals surface area contributed by atoms with E-state index >= 15 is 0 Å². The van der Waals surface area contributed by atoms with Gasteiger partial charge in [-0.05, 0) is 0 Å². The molecule has 78 valence electrons. The van der Waals surface area contributed by atoms with E-state index in [1.807, 2.05) is 0 Å². The molecule has 6 heteroatoms. The van der Waals surface area contributed by atoms with E-state index in [-0.39, 0.29) is 0 Å². The fourth-order valence-electron chi connectivity index (χ4n) is 1.24. The van der Waals surface area contributed by atoms with Crippen molar-refractivity contribution in [2.75, 3.05) is 13.7 Å². The van der Waals surface area contributed by atoms with Gasteiger partial charge in [0.2, 0.25) is 0 Å². The molecule has 3 N–H and O–H groups in total. The Morgan fingerprint density at radius 2 is 2.00 bits per heavy atom. The highest BCUT2D eigenvalue weighted by Gasteiger charge is 2.44. The maximum Gasteiger partial charge on any atom is 0.186 e. The molecule has 1 unspecified atom stereocenters. The van der Waals surface area contributed by atoms with E-state index in [4.69, 9.17) is 14.9 Å². The number of ether oxygens (including phenoxy) is 2. The maximum atomic E-state index is 13.1. The van der Waals surface area contributed by atoms with E-state index in [2.05, 4.69) is 4.74 Å². The van der Waals surface area contributed by atoms with Crippen molar-refractivity contribution in [1.82, 2.24) is 0 Å². The number of aliphatic hydroxyl groups excluding tert-OH is 3. The van der Waals surface area contributed by atoms with Crippen LogP contribution in [0.15, 0.2) is 0 Å². The zero-order chi connectivity index (χ0) is 10.0. The van der Waals surface area contributed by atoms with Crippen LogP contribution in [0.2, 0.25) is 0 Å². The Labute approximate surface area is 74.7 Å². The van der Waals surface area contributed by atoms with Crippen LogP contribution >= 0.6 is 0 Å². The van der Waals surface area contributed by atoms with E-state index < -0.39 is 37.4 Å². The van der Waals surface area contributed by atoms with Crippen molar-refractivity contribution < 1.29 is 29.2 Å². The summed E-state index contributed by atoms with van der Waals surface area (Å²) in [5.41, 5.74) is 0. The lowest BCUT2D eigenvalue weighted by Gasteiger charge is -2.37. The monoisotopic (exact) mass is 196 g/mol. The second kappa shape index (κ2) is 4.30. The van der Waals surface area contributed by atoms with Gasteiger partial charge in [0, 0.05) is 7.11 Å². The number of rotatable bonds is 2. The summed E-state index contributed by atoms with van der Waals surface area (Å²) in [7, 11) is 1.26. The van der Waals surface area contributed by atoms with Crippen LogP contribution in [0.5, 0.6) is 0 Å². The number of alkyl halides is 1. The molecule has 1 aliphatic heterocycles. The van der Waals surface area contributed by atoms with Crippen molar-refractivity contribution in [3.05, 3.63) is 0 Å². The molecule has 1 rings (SSSR count). The predicted molar refractivity (Wildman–Crippen MR) is 39.7 cm³/mol. The third kappa shape index (κ3) is 1.97. The molecule has 1 heterocycles. The quantitative estimate of drug-likeness (QED) is 0.496. The van der Waals surface area contributed by atoms with E-state index in [1.54, 1.807) is 0 Å². The topological polar surface area (TPSA) is 79.2 Å². The molecule has 0 spiro atoms. The SMILES string of the molecule is COC1O[C@H](CO)[C@H](F)[C@H](O)[C@H]1O. The summed E-state index contributed by atoms with van der Waals surface area (Å²) >= 11 is 0. The van der Waals surface area contributed by atoms with Crippen LogP contribution in [-0.4, -0.2) is 59.8 Å². The molecule has 0 bridgehead atoms. The van der Waals surface area contributed by atoms with Crippen LogP contribution in [0, 0.1) is 0 Å². The van der Waals surface area contributed by atoms with E-state index in [0.29, 0.717) is 0 Å². The van der Waals surface area contributed by atoms with Crippen molar-refractivity contribution in [1.29, 1.82) is 0 Å². The second-order valence-corrected chi connectivity index (χ2v) is 2.89. The van der Waals surface area contributed by atoms with Gasteiger partial charge >= 0.3 is 0 Å². The van der Waals surface area contributed by atoms with Gasteiger partial charge in [-0.25, -0.2) is 4.39 Å². The lowest BCUT2D eigenvalue weighted by atomic mass is 10.0. The Hall–Kier alpha value is -0.270. The first kappa shape index (κ1) is 10.8. The third-order valence-corrected chi connectivity index (χ3v) is 2.03. The first-order chi connectivity index (χ1) is 6.11. The van der Waals surface area contributed by atoms with E-state index in [0.717, 1.165) is 0 Å². The van der Waals surface area contributed by atoms with E-state index in [1.165, 1.54) is 7.11 Å². The lowest BCUT2D eigenvalue weighted by Crippen LogP contribution is -2.57. The Bertz CT molecular complexity index is 147. The van der Waals surface area contributed by atoms with Gasteiger partial charge in [-0.15, -0.1) is 0 Å². The van der Waals surface area contributed by atoms with Gasteiger partial charge in [0.1, 0.15) is 18.3 Å². The van der Waals surface area contributed by atoms with Gasteiger partial charge in [-0.1, -0.05) is 0 Å². The largest absolute Gasteiger partial charge is 0.394 e. The normalized spacial score (nSPS) is 46.4. The lowest BCUT2D eigenvalue weighted by molar-refractivity contribution is -0.283. The molecule has 0 amide bonds. The van der Waals surface area contributed by atoms with Gasteiger partial charge in [-0.3, -0.25) is 0 Å². The molecule has 1 saturated heterocycles. The molecular weight excluding hydrogens is 183 g/mol. The van der Waals surface area contributed by atoms with Crippen LogP contribution < -0.4 is 0 Å².